The Hall–Kier alpha value is -0.260. The largest absolute Gasteiger partial charge is 0.0845 e. The van der Waals surface area contributed by atoms with Crippen LogP contribution in [0.3, 0.4) is 0 Å². The van der Waals surface area contributed by atoms with E-state index in [0.29, 0.717) is 10.8 Å². The highest BCUT2D eigenvalue weighted by molar-refractivity contribution is 5.31. The quantitative estimate of drug-likeness (QED) is 0.513. The van der Waals surface area contributed by atoms with E-state index >= 15 is 0 Å². The summed E-state index contributed by atoms with van der Waals surface area (Å²) in [6, 6.07) is 0. The third kappa shape index (κ3) is 1.04. The van der Waals surface area contributed by atoms with Gasteiger partial charge in [-0.05, 0) is 54.3 Å². The predicted octanol–water partition coefficient (Wildman–Crippen LogP) is 4.42. The third-order valence-electron chi connectivity index (χ3n) is 6.11. The van der Waals surface area contributed by atoms with Crippen molar-refractivity contribution in [3.05, 3.63) is 11.6 Å². The second-order valence-corrected chi connectivity index (χ2v) is 6.95. The van der Waals surface area contributed by atoms with E-state index in [-0.39, 0.29) is 0 Å². The molecule has 0 aromatic rings. The lowest BCUT2D eigenvalue weighted by Gasteiger charge is -2.45. The van der Waals surface area contributed by atoms with Crippen LogP contribution in [0.25, 0.3) is 0 Å². The normalized spacial score (nSPS) is 51.5. The molecule has 3 rings (SSSR count). The second-order valence-electron chi connectivity index (χ2n) is 6.95. The smallest absolute Gasteiger partial charge is 0.00544 e. The number of hydrogen-bond donors (Lipinski definition) is 0. The van der Waals surface area contributed by atoms with Crippen LogP contribution in [0.15, 0.2) is 11.6 Å². The van der Waals surface area contributed by atoms with Crippen LogP contribution in [0.2, 0.25) is 0 Å². The maximum Gasteiger partial charge on any atom is -0.00544 e. The molecule has 3 aliphatic rings. The zero-order chi connectivity index (χ0) is 10.8. The average Bonchev–Trinajstić information content (AvgIpc) is 2.73. The Labute approximate surface area is 94.1 Å². The Balaban J connectivity index is 2.02. The minimum atomic E-state index is 0.560. The van der Waals surface area contributed by atoms with Gasteiger partial charge in [-0.2, -0.15) is 0 Å². The van der Waals surface area contributed by atoms with Crippen LogP contribution in [-0.2, 0) is 0 Å². The molecular formula is C15H24. The Morgan fingerprint density at radius 3 is 2.73 bits per heavy atom. The first-order chi connectivity index (χ1) is 6.99. The Morgan fingerprint density at radius 2 is 2.00 bits per heavy atom. The van der Waals surface area contributed by atoms with Gasteiger partial charge in [0.2, 0.25) is 0 Å². The van der Waals surface area contributed by atoms with Crippen LogP contribution < -0.4 is 0 Å². The van der Waals surface area contributed by atoms with Gasteiger partial charge in [-0.3, -0.25) is 0 Å². The Kier molecular flexibility index (Phi) is 1.79. The van der Waals surface area contributed by atoms with Gasteiger partial charge in [0.15, 0.2) is 0 Å². The zero-order valence-electron chi connectivity index (χ0n) is 10.6. The molecule has 0 heteroatoms. The fourth-order valence-electron chi connectivity index (χ4n) is 4.96. The lowest BCUT2D eigenvalue weighted by atomic mass is 9.59. The summed E-state index contributed by atoms with van der Waals surface area (Å²) in [5, 5.41) is 0. The predicted molar refractivity (Wildman–Crippen MR) is 64.6 cm³/mol. The molecule has 4 atom stereocenters. The minimum Gasteiger partial charge on any atom is -0.0845 e. The van der Waals surface area contributed by atoms with Gasteiger partial charge in [-0.1, -0.05) is 39.3 Å². The lowest BCUT2D eigenvalue weighted by molar-refractivity contribution is 0.139. The summed E-state index contributed by atoms with van der Waals surface area (Å²) in [5.41, 5.74) is 3.00. The molecule has 0 heterocycles. The van der Waals surface area contributed by atoms with E-state index in [4.69, 9.17) is 0 Å². The van der Waals surface area contributed by atoms with E-state index in [1.807, 2.05) is 5.57 Å². The molecule has 0 bridgehead atoms. The zero-order valence-corrected chi connectivity index (χ0v) is 10.6. The monoisotopic (exact) mass is 204 g/mol. The molecule has 0 aromatic carbocycles. The van der Waals surface area contributed by atoms with Gasteiger partial charge >= 0.3 is 0 Å². The molecular weight excluding hydrogens is 180 g/mol. The summed E-state index contributed by atoms with van der Waals surface area (Å²) in [6.07, 6.45) is 8.24. The molecule has 0 amide bonds. The summed E-state index contributed by atoms with van der Waals surface area (Å²) in [4.78, 5) is 0. The molecule has 0 aliphatic heterocycles. The third-order valence-corrected chi connectivity index (χ3v) is 6.11. The van der Waals surface area contributed by atoms with E-state index in [9.17, 15) is 0 Å². The minimum absolute atomic E-state index is 0.560. The first kappa shape index (κ1) is 9.93. The van der Waals surface area contributed by atoms with Crippen molar-refractivity contribution in [3.63, 3.8) is 0 Å². The van der Waals surface area contributed by atoms with Gasteiger partial charge in [0, 0.05) is 0 Å². The van der Waals surface area contributed by atoms with E-state index in [1.54, 1.807) is 0 Å². The van der Waals surface area contributed by atoms with Crippen LogP contribution in [-0.4, -0.2) is 0 Å². The second kappa shape index (κ2) is 2.70. The maximum atomic E-state index is 2.60. The van der Waals surface area contributed by atoms with Gasteiger partial charge in [0.25, 0.3) is 0 Å². The Morgan fingerprint density at radius 1 is 1.27 bits per heavy atom. The molecule has 2 saturated carbocycles. The number of allylic oxidation sites excluding steroid dienone is 2. The van der Waals surface area contributed by atoms with Crippen molar-refractivity contribution in [3.8, 4) is 0 Å². The summed E-state index contributed by atoms with van der Waals surface area (Å²) < 4.78 is 0. The fraction of sp³-hybridized carbons (Fsp3) is 0.867. The van der Waals surface area contributed by atoms with Crippen LogP contribution in [0.4, 0.5) is 0 Å². The number of rotatable bonds is 0. The average molecular weight is 204 g/mol. The van der Waals surface area contributed by atoms with Crippen molar-refractivity contribution in [2.45, 2.75) is 53.4 Å². The molecule has 3 aliphatic carbocycles. The van der Waals surface area contributed by atoms with Crippen molar-refractivity contribution < 1.29 is 0 Å². The summed E-state index contributed by atoms with van der Waals surface area (Å²) in [7, 11) is 0. The van der Waals surface area contributed by atoms with Crippen molar-refractivity contribution in [1.82, 2.24) is 0 Å². The molecule has 0 nitrogen and oxygen atoms in total. The highest BCUT2D eigenvalue weighted by Gasteiger charge is 2.67. The van der Waals surface area contributed by atoms with Gasteiger partial charge in [0.05, 0.1) is 0 Å². The molecule has 0 spiro atoms. The first-order valence-corrected chi connectivity index (χ1v) is 6.68. The molecule has 0 unspecified atom stereocenters. The fourth-order valence-corrected chi connectivity index (χ4v) is 4.96. The molecule has 0 radical (unpaired) electrons. The van der Waals surface area contributed by atoms with E-state index in [1.165, 1.54) is 25.7 Å². The van der Waals surface area contributed by atoms with Crippen LogP contribution in [0, 0.1) is 28.6 Å². The van der Waals surface area contributed by atoms with E-state index in [0.717, 1.165) is 17.8 Å². The molecule has 84 valence electrons. The topological polar surface area (TPSA) is 0 Å². The van der Waals surface area contributed by atoms with Crippen molar-refractivity contribution >= 4 is 0 Å². The van der Waals surface area contributed by atoms with Crippen LogP contribution in [0.1, 0.15) is 53.4 Å². The molecule has 0 aromatic heterocycles. The molecule has 0 N–H and O–H groups in total. The maximum absolute atomic E-state index is 2.60. The highest BCUT2D eigenvalue weighted by Crippen LogP contribution is 2.74. The first-order valence-electron chi connectivity index (χ1n) is 6.68. The van der Waals surface area contributed by atoms with E-state index in [2.05, 4.69) is 33.8 Å². The number of hydrogen-bond acceptors (Lipinski definition) is 0. The SMILES string of the molecule is C[C@H]1CCCC2=CC[C@H]3[C@H](C3(C)C)[C@@]21C. The summed E-state index contributed by atoms with van der Waals surface area (Å²) >= 11 is 0. The lowest BCUT2D eigenvalue weighted by Crippen LogP contribution is -2.36. The van der Waals surface area contributed by atoms with Gasteiger partial charge in [-0.25, -0.2) is 0 Å². The van der Waals surface area contributed by atoms with Gasteiger partial charge in [0.1, 0.15) is 0 Å². The van der Waals surface area contributed by atoms with Gasteiger partial charge < -0.3 is 0 Å². The highest BCUT2D eigenvalue weighted by atomic mass is 14.7. The van der Waals surface area contributed by atoms with Crippen molar-refractivity contribution in [2.75, 3.05) is 0 Å². The standard InChI is InChI=1S/C15H24/c1-10-6-5-7-11-8-9-12-13(14(12,2)3)15(10,11)4/h8,10,12-13H,5-7,9H2,1-4H3/t10-,12-,13+,15+/m0/s1. The molecule has 0 saturated heterocycles. The Bertz CT molecular complexity index is 323. The molecule has 15 heavy (non-hydrogen) atoms. The molecule has 2 fully saturated rings. The van der Waals surface area contributed by atoms with Crippen molar-refractivity contribution in [2.24, 2.45) is 28.6 Å². The van der Waals surface area contributed by atoms with Crippen LogP contribution >= 0.6 is 0 Å². The van der Waals surface area contributed by atoms with Crippen molar-refractivity contribution in [1.29, 1.82) is 0 Å². The summed E-state index contributed by atoms with van der Waals surface area (Å²) in [6.45, 7) is 10.0. The van der Waals surface area contributed by atoms with Gasteiger partial charge in [-0.15, -0.1) is 0 Å². The summed E-state index contributed by atoms with van der Waals surface area (Å²) in [5.74, 6) is 2.89. The number of fused-ring (bicyclic) bond motifs is 3. The van der Waals surface area contributed by atoms with Crippen LogP contribution in [0.5, 0.6) is 0 Å². The van der Waals surface area contributed by atoms with E-state index < -0.39 is 0 Å².